The molecule has 0 aliphatic heterocycles. The molecule has 0 unspecified atom stereocenters. The first-order valence-electron chi connectivity index (χ1n) is 7.92. The van der Waals surface area contributed by atoms with Crippen LogP contribution in [-0.4, -0.2) is 42.9 Å². The van der Waals surface area contributed by atoms with Gasteiger partial charge in [-0.1, -0.05) is 43.3 Å². The third kappa shape index (κ3) is 5.93. The zero-order chi connectivity index (χ0) is 16.5. The van der Waals surface area contributed by atoms with Gasteiger partial charge in [-0.25, -0.2) is 0 Å². The van der Waals surface area contributed by atoms with Crippen LogP contribution in [0.25, 0.3) is 0 Å². The summed E-state index contributed by atoms with van der Waals surface area (Å²) in [5, 5.41) is 10.2. The molecule has 2 rings (SSSR count). The van der Waals surface area contributed by atoms with E-state index in [-0.39, 0.29) is 6.61 Å². The van der Waals surface area contributed by atoms with Gasteiger partial charge in [-0.05, 0) is 24.2 Å². The van der Waals surface area contributed by atoms with Crippen LogP contribution in [0.1, 0.15) is 12.5 Å². The summed E-state index contributed by atoms with van der Waals surface area (Å²) in [6.45, 7) is 4.64. The van der Waals surface area contributed by atoms with Crippen molar-refractivity contribution in [1.82, 2.24) is 4.90 Å². The molecule has 0 saturated carbocycles. The lowest BCUT2D eigenvalue weighted by atomic mass is 10.2. The molecular weight excluding hydrogens is 290 g/mol. The molecule has 23 heavy (non-hydrogen) atoms. The Bertz CT molecular complexity index is 574. The van der Waals surface area contributed by atoms with Crippen LogP contribution in [0, 0.1) is 0 Å². The summed E-state index contributed by atoms with van der Waals surface area (Å²) in [5.41, 5.74) is 1.25. The van der Waals surface area contributed by atoms with Gasteiger partial charge in [0.25, 0.3) is 0 Å². The van der Waals surface area contributed by atoms with E-state index in [2.05, 4.69) is 24.0 Å². The maximum atomic E-state index is 10.2. The van der Waals surface area contributed by atoms with E-state index in [1.54, 1.807) is 7.11 Å². The zero-order valence-corrected chi connectivity index (χ0v) is 13.8. The molecule has 0 amide bonds. The van der Waals surface area contributed by atoms with E-state index in [9.17, 15) is 5.11 Å². The Balaban J connectivity index is 1.81. The van der Waals surface area contributed by atoms with E-state index in [4.69, 9.17) is 9.47 Å². The summed E-state index contributed by atoms with van der Waals surface area (Å²) < 4.78 is 10.8. The van der Waals surface area contributed by atoms with Crippen LogP contribution < -0.4 is 9.47 Å². The average molecular weight is 315 g/mol. The van der Waals surface area contributed by atoms with E-state index in [1.165, 1.54) is 5.56 Å². The molecule has 0 radical (unpaired) electrons. The van der Waals surface area contributed by atoms with Gasteiger partial charge in [-0.3, -0.25) is 4.90 Å². The standard InChI is InChI=1S/C19H25NO3/c1-3-20(13-16-8-5-4-6-9-16)14-17(21)15-23-19-11-7-10-18(12-19)22-2/h4-12,17,21H,3,13-15H2,1-2H3/t17-/m1/s1. The van der Waals surface area contributed by atoms with Gasteiger partial charge < -0.3 is 14.6 Å². The van der Waals surface area contributed by atoms with Gasteiger partial charge in [0.15, 0.2) is 0 Å². The second kappa shape index (κ2) is 9.18. The van der Waals surface area contributed by atoms with Gasteiger partial charge in [0.05, 0.1) is 7.11 Å². The van der Waals surface area contributed by atoms with Gasteiger partial charge in [-0.15, -0.1) is 0 Å². The second-order valence-corrected chi connectivity index (χ2v) is 5.46. The fraction of sp³-hybridized carbons (Fsp3) is 0.368. The summed E-state index contributed by atoms with van der Waals surface area (Å²) in [7, 11) is 1.62. The third-order valence-electron chi connectivity index (χ3n) is 3.65. The highest BCUT2D eigenvalue weighted by molar-refractivity contribution is 5.32. The molecule has 0 heterocycles. The number of likely N-dealkylation sites (N-methyl/N-ethyl adjacent to an activating group) is 1. The Morgan fingerprint density at radius 3 is 2.48 bits per heavy atom. The van der Waals surface area contributed by atoms with Crippen LogP contribution >= 0.6 is 0 Å². The molecule has 0 aliphatic carbocycles. The first-order chi connectivity index (χ1) is 11.2. The first-order valence-corrected chi connectivity index (χ1v) is 7.92. The topological polar surface area (TPSA) is 41.9 Å². The fourth-order valence-corrected chi connectivity index (χ4v) is 2.38. The molecule has 1 N–H and O–H groups in total. The Morgan fingerprint density at radius 2 is 1.78 bits per heavy atom. The van der Waals surface area contributed by atoms with Crippen LogP contribution in [0.15, 0.2) is 54.6 Å². The number of rotatable bonds is 9. The molecule has 4 nitrogen and oxygen atoms in total. The van der Waals surface area contributed by atoms with Gasteiger partial charge in [0, 0.05) is 19.2 Å². The highest BCUT2D eigenvalue weighted by atomic mass is 16.5. The van der Waals surface area contributed by atoms with E-state index >= 15 is 0 Å². The van der Waals surface area contributed by atoms with Crippen molar-refractivity contribution in [3.63, 3.8) is 0 Å². The van der Waals surface area contributed by atoms with Crippen molar-refractivity contribution in [1.29, 1.82) is 0 Å². The predicted molar refractivity (Wildman–Crippen MR) is 91.9 cm³/mol. The number of ether oxygens (including phenoxy) is 2. The lowest BCUT2D eigenvalue weighted by Crippen LogP contribution is -2.35. The van der Waals surface area contributed by atoms with Crippen molar-refractivity contribution >= 4 is 0 Å². The fourth-order valence-electron chi connectivity index (χ4n) is 2.38. The maximum Gasteiger partial charge on any atom is 0.123 e. The average Bonchev–Trinajstić information content (AvgIpc) is 2.60. The number of hydrogen-bond acceptors (Lipinski definition) is 4. The molecule has 1 atom stereocenters. The molecule has 4 heteroatoms. The van der Waals surface area contributed by atoms with E-state index in [0.29, 0.717) is 12.3 Å². The maximum absolute atomic E-state index is 10.2. The SMILES string of the molecule is CCN(Cc1ccccc1)C[C@@H](O)COc1cccc(OC)c1. The van der Waals surface area contributed by atoms with E-state index < -0.39 is 6.10 Å². The number of aliphatic hydroxyl groups is 1. The van der Waals surface area contributed by atoms with Crippen LogP contribution in [0.4, 0.5) is 0 Å². The Hall–Kier alpha value is -2.04. The summed E-state index contributed by atoms with van der Waals surface area (Å²) in [4.78, 5) is 2.20. The van der Waals surface area contributed by atoms with Crippen molar-refractivity contribution in [2.24, 2.45) is 0 Å². The highest BCUT2D eigenvalue weighted by Gasteiger charge is 2.12. The summed E-state index contributed by atoms with van der Waals surface area (Å²) in [6, 6.07) is 17.7. The predicted octanol–water partition coefficient (Wildman–Crippen LogP) is 2.96. The third-order valence-corrected chi connectivity index (χ3v) is 3.65. The second-order valence-electron chi connectivity index (χ2n) is 5.46. The van der Waals surface area contributed by atoms with Crippen molar-refractivity contribution in [2.45, 2.75) is 19.6 Å². The van der Waals surface area contributed by atoms with Crippen LogP contribution in [0.3, 0.4) is 0 Å². The lowest BCUT2D eigenvalue weighted by Gasteiger charge is -2.23. The number of benzene rings is 2. The largest absolute Gasteiger partial charge is 0.497 e. The van der Waals surface area contributed by atoms with Crippen molar-refractivity contribution in [2.75, 3.05) is 26.8 Å². The molecule has 0 aromatic heterocycles. The minimum atomic E-state index is -0.537. The molecule has 0 fully saturated rings. The molecule has 2 aromatic rings. The minimum Gasteiger partial charge on any atom is -0.497 e. The highest BCUT2D eigenvalue weighted by Crippen LogP contribution is 2.19. The molecular formula is C19H25NO3. The Labute approximate surface area is 138 Å². The van der Waals surface area contributed by atoms with E-state index in [1.807, 2.05) is 42.5 Å². The molecule has 0 aliphatic rings. The summed E-state index contributed by atoms with van der Waals surface area (Å²) >= 11 is 0. The number of nitrogens with zero attached hydrogens (tertiary/aromatic N) is 1. The van der Waals surface area contributed by atoms with Gasteiger partial charge in [-0.2, -0.15) is 0 Å². The smallest absolute Gasteiger partial charge is 0.123 e. The monoisotopic (exact) mass is 315 g/mol. The Morgan fingerprint density at radius 1 is 1.04 bits per heavy atom. The lowest BCUT2D eigenvalue weighted by molar-refractivity contribution is 0.0674. The minimum absolute atomic E-state index is 0.262. The Kier molecular flexibility index (Phi) is 6.91. The molecule has 2 aromatic carbocycles. The van der Waals surface area contributed by atoms with E-state index in [0.717, 1.165) is 18.8 Å². The van der Waals surface area contributed by atoms with Crippen molar-refractivity contribution in [3.8, 4) is 11.5 Å². The molecule has 0 spiro atoms. The number of aliphatic hydroxyl groups excluding tert-OH is 1. The summed E-state index contributed by atoms with van der Waals surface area (Å²) in [6.07, 6.45) is -0.537. The normalized spacial score (nSPS) is 12.2. The quantitative estimate of drug-likeness (QED) is 0.772. The van der Waals surface area contributed by atoms with Crippen molar-refractivity contribution in [3.05, 3.63) is 60.2 Å². The molecule has 0 saturated heterocycles. The zero-order valence-electron chi connectivity index (χ0n) is 13.8. The number of methoxy groups -OCH3 is 1. The summed E-state index contributed by atoms with van der Waals surface area (Å²) in [5.74, 6) is 1.45. The van der Waals surface area contributed by atoms with Crippen LogP contribution in [-0.2, 0) is 6.54 Å². The van der Waals surface area contributed by atoms with Crippen molar-refractivity contribution < 1.29 is 14.6 Å². The van der Waals surface area contributed by atoms with Gasteiger partial charge >= 0.3 is 0 Å². The van der Waals surface area contributed by atoms with Gasteiger partial charge in [0.2, 0.25) is 0 Å². The van der Waals surface area contributed by atoms with Crippen LogP contribution in [0.5, 0.6) is 11.5 Å². The van der Waals surface area contributed by atoms with Crippen LogP contribution in [0.2, 0.25) is 0 Å². The molecule has 124 valence electrons. The van der Waals surface area contributed by atoms with Gasteiger partial charge in [0.1, 0.15) is 24.2 Å². The first kappa shape index (κ1) is 17.3. The number of hydrogen-bond donors (Lipinski definition) is 1. The molecule has 0 bridgehead atoms.